The maximum atomic E-state index is 9.45. The monoisotopic (exact) mass is 551 g/mol. The Morgan fingerprint density at radius 3 is 1.95 bits per heavy atom. The molecule has 0 N–H and O–H groups in total. The molecule has 8 rings (SSSR count). The van der Waals surface area contributed by atoms with Crippen LogP contribution in [0.2, 0.25) is 0 Å². The third kappa shape index (κ3) is 3.81. The van der Waals surface area contributed by atoms with Crippen LogP contribution in [0.1, 0.15) is 30.5 Å². The Bertz CT molecular complexity index is 2200. The van der Waals surface area contributed by atoms with E-state index < -0.39 is 0 Å². The highest BCUT2D eigenvalue weighted by molar-refractivity contribution is 6.12. The Kier molecular flexibility index (Phi) is 5.54. The lowest BCUT2D eigenvalue weighted by molar-refractivity contribution is 0.630. The first-order valence-corrected chi connectivity index (χ1v) is 14.7. The summed E-state index contributed by atoms with van der Waals surface area (Å²) >= 11 is 0. The second kappa shape index (κ2) is 9.48. The SMILES string of the molecule is CC1(C)c2ccccc2-n2c3ccc(N(c4ccc(C#N)cc4)c4ccc(-c5ccccc5)cc4)cc3c3cccc1c32. The highest BCUT2D eigenvalue weighted by atomic mass is 15.1. The van der Waals surface area contributed by atoms with Crippen molar-refractivity contribution in [3.63, 3.8) is 0 Å². The first-order valence-electron chi connectivity index (χ1n) is 14.7. The Hall–Kier alpha value is -5.59. The molecule has 204 valence electrons. The number of para-hydroxylation sites is 2. The van der Waals surface area contributed by atoms with E-state index in [0.29, 0.717) is 5.56 Å². The topological polar surface area (TPSA) is 32.0 Å². The molecule has 0 aliphatic carbocycles. The van der Waals surface area contributed by atoms with Gasteiger partial charge in [-0.2, -0.15) is 5.26 Å². The summed E-state index contributed by atoms with van der Waals surface area (Å²) in [5.74, 6) is 0. The highest BCUT2D eigenvalue weighted by Crippen LogP contribution is 2.48. The van der Waals surface area contributed by atoms with Gasteiger partial charge in [-0.3, -0.25) is 0 Å². The lowest BCUT2D eigenvalue weighted by Gasteiger charge is -2.34. The zero-order chi connectivity index (χ0) is 29.1. The molecule has 2 heterocycles. The fourth-order valence-electron chi connectivity index (χ4n) is 6.86. The van der Waals surface area contributed by atoms with Crippen LogP contribution in [0.25, 0.3) is 38.6 Å². The zero-order valence-corrected chi connectivity index (χ0v) is 24.1. The third-order valence-corrected chi connectivity index (χ3v) is 9.01. The number of hydrogen-bond donors (Lipinski definition) is 0. The van der Waals surface area contributed by atoms with Crippen LogP contribution in [0.5, 0.6) is 0 Å². The summed E-state index contributed by atoms with van der Waals surface area (Å²) in [5.41, 5.74) is 12.5. The summed E-state index contributed by atoms with van der Waals surface area (Å²) in [7, 11) is 0. The minimum absolute atomic E-state index is 0.0989. The van der Waals surface area contributed by atoms with Crippen LogP contribution < -0.4 is 4.90 Å². The van der Waals surface area contributed by atoms with Crippen molar-refractivity contribution in [3.05, 3.63) is 156 Å². The summed E-state index contributed by atoms with van der Waals surface area (Å²) in [6, 6.07) is 51.6. The van der Waals surface area contributed by atoms with Gasteiger partial charge in [0.05, 0.1) is 28.4 Å². The van der Waals surface area contributed by atoms with E-state index in [4.69, 9.17) is 0 Å². The van der Waals surface area contributed by atoms with Gasteiger partial charge in [-0.1, -0.05) is 92.7 Å². The number of benzene rings is 6. The van der Waals surface area contributed by atoms with Gasteiger partial charge in [-0.15, -0.1) is 0 Å². The van der Waals surface area contributed by atoms with Gasteiger partial charge in [0.15, 0.2) is 0 Å². The van der Waals surface area contributed by atoms with E-state index in [-0.39, 0.29) is 5.41 Å². The number of nitriles is 1. The molecule has 0 saturated carbocycles. The molecule has 0 bridgehead atoms. The minimum Gasteiger partial charge on any atom is -0.310 e. The van der Waals surface area contributed by atoms with Crippen LogP contribution in [-0.4, -0.2) is 4.57 Å². The summed E-state index contributed by atoms with van der Waals surface area (Å²) in [4.78, 5) is 2.28. The number of rotatable bonds is 4. The molecule has 3 nitrogen and oxygen atoms in total. The lowest BCUT2D eigenvalue weighted by atomic mass is 9.75. The van der Waals surface area contributed by atoms with Gasteiger partial charge in [0.1, 0.15) is 0 Å². The van der Waals surface area contributed by atoms with Crippen LogP contribution in [0, 0.1) is 11.3 Å². The maximum absolute atomic E-state index is 9.45. The third-order valence-electron chi connectivity index (χ3n) is 9.01. The summed E-state index contributed by atoms with van der Waals surface area (Å²) in [5, 5.41) is 11.9. The molecular weight excluding hydrogens is 522 g/mol. The molecule has 6 aromatic carbocycles. The molecular formula is C40H29N3. The average molecular weight is 552 g/mol. The molecule has 1 aliphatic heterocycles. The molecule has 1 aliphatic rings. The molecule has 1 aromatic heterocycles. The summed E-state index contributed by atoms with van der Waals surface area (Å²) in [6.45, 7) is 4.66. The van der Waals surface area contributed by atoms with Gasteiger partial charge in [-0.05, 0) is 82.9 Å². The number of hydrogen-bond acceptors (Lipinski definition) is 2. The fourth-order valence-corrected chi connectivity index (χ4v) is 6.86. The summed E-state index contributed by atoms with van der Waals surface area (Å²) in [6.07, 6.45) is 0. The molecule has 0 saturated heterocycles. The molecule has 0 radical (unpaired) electrons. The standard InChI is InChI=1S/C40H29N3/c1-40(2)35-12-6-7-14-38(35)43-37-24-23-32(25-34(37)33-11-8-13-36(40)39(33)43)42(30-19-15-27(26-41)16-20-30)31-21-17-29(18-22-31)28-9-4-3-5-10-28/h3-25H,1-2H3. The second-order valence-electron chi connectivity index (χ2n) is 11.8. The molecule has 43 heavy (non-hydrogen) atoms. The predicted octanol–water partition coefficient (Wildman–Crippen LogP) is 10.4. The van der Waals surface area contributed by atoms with Crippen LogP contribution in [0.15, 0.2) is 140 Å². The van der Waals surface area contributed by atoms with Crippen LogP contribution in [-0.2, 0) is 5.41 Å². The van der Waals surface area contributed by atoms with E-state index in [1.807, 2.05) is 30.3 Å². The zero-order valence-electron chi connectivity index (χ0n) is 24.1. The Morgan fingerprint density at radius 2 is 1.21 bits per heavy atom. The first kappa shape index (κ1) is 25.1. The van der Waals surface area contributed by atoms with E-state index in [1.54, 1.807) is 0 Å². The van der Waals surface area contributed by atoms with Crippen molar-refractivity contribution < 1.29 is 0 Å². The van der Waals surface area contributed by atoms with Crippen LogP contribution in [0.4, 0.5) is 17.1 Å². The molecule has 0 unspecified atom stereocenters. The number of fused-ring (bicyclic) bond motifs is 5. The Labute approximate surface area is 251 Å². The van der Waals surface area contributed by atoms with Crippen molar-refractivity contribution in [3.8, 4) is 22.9 Å². The van der Waals surface area contributed by atoms with Crippen molar-refractivity contribution in [1.29, 1.82) is 5.26 Å². The van der Waals surface area contributed by atoms with E-state index in [0.717, 1.165) is 17.1 Å². The highest BCUT2D eigenvalue weighted by Gasteiger charge is 2.34. The van der Waals surface area contributed by atoms with Crippen LogP contribution in [0.3, 0.4) is 0 Å². The van der Waals surface area contributed by atoms with Crippen molar-refractivity contribution in [2.24, 2.45) is 0 Å². The number of anilines is 3. The Balaban J connectivity index is 1.35. The molecule has 3 heteroatoms. The molecule has 0 atom stereocenters. The van der Waals surface area contributed by atoms with Gasteiger partial charge in [-0.25, -0.2) is 0 Å². The van der Waals surface area contributed by atoms with E-state index in [2.05, 4.69) is 139 Å². The lowest BCUT2D eigenvalue weighted by Crippen LogP contribution is -2.26. The fraction of sp³-hybridized carbons (Fsp3) is 0.0750. The van der Waals surface area contributed by atoms with Gasteiger partial charge in [0.2, 0.25) is 0 Å². The first-order chi connectivity index (χ1) is 21.0. The smallest absolute Gasteiger partial charge is 0.0991 e. The largest absolute Gasteiger partial charge is 0.310 e. The second-order valence-corrected chi connectivity index (χ2v) is 11.8. The molecule has 0 fully saturated rings. The van der Waals surface area contributed by atoms with E-state index >= 15 is 0 Å². The van der Waals surface area contributed by atoms with Crippen molar-refractivity contribution in [2.45, 2.75) is 19.3 Å². The minimum atomic E-state index is -0.0989. The summed E-state index contributed by atoms with van der Waals surface area (Å²) < 4.78 is 2.45. The molecule has 0 amide bonds. The van der Waals surface area contributed by atoms with Gasteiger partial charge < -0.3 is 9.47 Å². The molecule has 0 spiro atoms. The van der Waals surface area contributed by atoms with Gasteiger partial charge in [0.25, 0.3) is 0 Å². The predicted molar refractivity (Wildman–Crippen MR) is 178 cm³/mol. The average Bonchev–Trinajstić information content (AvgIpc) is 3.39. The van der Waals surface area contributed by atoms with Crippen molar-refractivity contribution in [1.82, 2.24) is 4.57 Å². The van der Waals surface area contributed by atoms with Gasteiger partial charge >= 0.3 is 0 Å². The number of aromatic nitrogens is 1. The maximum Gasteiger partial charge on any atom is 0.0991 e. The molecule has 7 aromatic rings. The Morgan fingerprint density at radius 1 is 0.581 bits per heavy atom. The van der Waals surface area contributed by atoms with Crippen molar-refractivity contribution in [2.75, 3.05) is 4.90 Å². The van der Waals surface area contributed by atoms with E-state index in [1.165, 1.54) is 49.7 Å². The van der Waals surface area contributed by atoms with Crippen molar-refractivity contribution >= 4 is 38.9 Å². The number of nitrogens with zero attached hydrogens (tertiary/aromatic N) is 3. The van der Waals surface area contributed by atoms with Gasteiger partial charge in [0, 0.05) is 33.2 Å². The normalized spacial score (nSPS) is 13.0. The van der Waals surface area contributed by atoms with E-state index in [9.17, 15) is 5.26 Å². The quantitative estimate of drug-likeness (QED) is 0.218. The van der Waals surface area contributed by atoms with Crippen LogP contribution >= 0.6 is 0 Å².